The third-order valence-corrected chi connectivity index (χ3v) is 6.52. The van der Waals surface area contributed by atoms with Gasteiger partial charge < -0.3 is 25.2 Å². The molecule has 8 nitrogen and oxygen atoms in total. The van der Waals surface area contributed by atoms with Gasteiger partial charge in [-0.1, -0.05) is 48.2 Å². The fraction of sp³-hybridized carbons (Fsp3) is 0.469. The Balaban J connectivity index is 1.57. The highest BCUT2D eigenvalue weighted by Crippen LogP contribution is 2.28. The molecule has 40 heavy (non-hydrogen) atoms. The van der Waals surface area contributed by atoms with E-state index in [1.807, 2.05) is 42.5 Å². The number of alkyl carbamates (subject to hydrolysis) is 2. The van der Waals surface area contributed by atoms with Gasteiger partial charge >= 0.3 is 12.2 Å². The Hall–Kier alpha value is -3.83. The third-order valence-electron chi connectivity index (χ3n) is 6.52. The van der Waals surface area contributed by atoms with Crippen molar-refractivity contribution in [3.63, 3.8) is 0 Å². The van der Waals surface area contributed by atoms with Crippen LogP contribution in [0.2, 0.25) is 0 Å². The number of benzene rings is 2. The predicted molar refractivity (Wildman–Crippen MR) is 153 cm³/mol. The number of aliphatic hydroxyl groups is 1. The van der Waals surface area contributed by atoms with E-state index in [0.29, 0.717) is 25.8 Å². The lowest BCUT2D eigenvalue weighted by Crippen LogP contribution is -2.44. The summed E-state index contributed by atoms with van der Waals surface area (Å²) in [5, 5.41) is 14.8. The number of hydrogen-bond acceptors (Lipinski definition) is 6. The maximum absolute atomic E-state index is 12.3. The molecule has 2 aromatic rings. The first-order chi connectivity index (χ1) is 19.2. The molecule has 0 saturated heterocycles. The van der Waals surface area contributed by atoms with Crippen molar-refractivity contribution in [1.82, 2.24) is 10.6 Å². The molecule has 3 rings (SSSR count). The van der Waals surface area contributed by atoms with Gasteiger partial charge in [0.15, 0.2) is 5.78 Å². The highest BCUT2D eigenvalue weighted by molar-refractivity contribution is 5.88. The van der Waals surface area contributed by atoms with Crippen molar-refractivity contribution in [2.24, 2.45) is 0 Å². The summed E-state index contributed by atoms with van der Waals surface area (Å²) in [6.45, 7) is 5.24. The molecule has 0 aliphatic heterocycles. The van der Waals surface area contributed by atoms with E-state index in [4.69, 9.17) is 9.47 Å². The number of ketones is 1. The molecular weight excluding hydrogens is 508 g/mol. The Morgan fingerprint density at radius 2 is 1.73 bits per heavy atom. The van der Waals surface area contributed by atoms with Crippen molar-refractivity contribution in [3.8, 4) is 11.8 Å². The summed E-state index contributed by atoms with van der Waals surface area (Å²) in [7, 11) is 0. The summed E-state index contributed by atoms with van der Waals surface area (Å²) < 4.78 is 10.5. The first-order valence-electron chi connectivity index (χ1n) is 13.9. The number of ether oxygens (including phenoxy) is 2. The smallest absolute Gasteiger partial charge is 0.408 e. The zero-order valence-electron chi connectivity index (χ0n) is 23.7. The molecule has 214 valence electrons. The first kappa shape index (κ1) is 30.7. The number of aryl methyl sites for hydroxylation is 1. The average molecular weight is 549 g/mol. The maximum atomic E-state index is 12.3. The lowest BCUT2D eigenvalue weighted by Gasteiger charge is -2.24. The molecule has 0 saturated carbocycles. The van der Waals surface area contributed by atoms with Gasteiger partial charge in [-0.2, -0.15) is 0 Å². The third kappa shape index (κ3) is 10.0. The van der Waals surface area contributed by atoms with Crippen LogP contribution in [0.4, 0.5) is 9.59 Å². The second-order valence-electron chi connectivity index (χ2n) is 10.8. The van der Waals surface area contributed by atoms with Crippen LogP contribution in [0.3, 0.4) is 0 Å². The van der Waals surface area contributed by atoms with Gasteiger partial charge in [0.1, 0.15) is 18.8 Å². The number of nitrogens with one attached hydrogen (secondary N) is 2. The van der Waals surface area contributed by atoms with Crippen LogP contribution in [0.1, 0.15) is 74.3 Å². The van der Waals surface area contributed by atoms with Gasteiger partial charge in [-0.15, -0.1) is 0 Å². The molecule has 1 aliphatic carbocycles. The summed E-state index contributed by atoms with van der Waals surface area (Å²) in [6.07, 6.45) is 4.35. The Kier molecular flexibility index (Phi) is 11.6. The Morgan fingerprint density at radius 1 is 1.00 bits per heavy atom. The minimum atomic E-state index is -0.828. The molecule has 0 unspecified atom stereocenters. The van der Waals surface area contributed by atoms with Crippen molar-refractivity contribution >= 4 is 18.0 Å². The largest absolute Gasteiger partial charge is 0.445 e. The van der Waals surface area contributed by atoms with Gasteiger partial charge in [-0.25, -0.2) is 9.59 Å². The number of rotatable bonds is 10. The van der Waals surface area contributed by atoms with Crippen LogP contribution in [-0.4, -0.2) is 47.9 Å². The molecule has 0 aromatic heterocycles. The standard InChI is InChI=1S/C32H40N2O6/c1-32(2,3)40-31(38)34-28(29(36)21-35)19-18-25-17-16-24(26-14-7-8-15-27(25)26)13-9-10-20-33-30(37)39-22-23-11-5-4-6-12-23/h4-6,11-12,16-17,28,35H,7-8,10,14-15,18-22H2,1-3H3,(H,33,37)(H,34,38)/t28-/m0/s1. The number of aliphatic hydroxyl groups excluding tert-OH is 1. The number of hydrogen-bond donors (Lipinski definition) is 3. The van der Waals surface area contributed by atoms with E-state index in [0.717, 1.165) is 42.4 Å². The molecule has 0 radical (unpaired) electrons. The van der Waals surface area contributed by atoms with Gasteiger partial charge in [0.2, 0.25) is 0 Å². The van der Waals surface area contributed by atoms with Crippen LogP contribution in [0, 0.1) is 11.8 Å². The summed E-state index contributed by atoms with van der Waals surface area (Å²) in [5.74, 6) is 5.98. The van der Waals surface area contributed by atoms with Crippen molar-refractivity contribution in [2.75, 3.05) is 13.2 Å². The molecule has 0 bridgehead atoms. The van der Waals surface area contributed by atoms with Gasteiger partial charge in [0.25, 0.3) is 0 Å². The zero-order valence-corrected chi connectivity index (χ0v) is 23.7. The second-order valence-corrected chi connectivity index (χ2v) is 10.8. The van der Waals surface area contributed by atoms with E-state index in [2.05, 4.69) is 22.5 Å². The zero-order chi connectivity index (χ0) is 29.0. The van der Waals surface area contributed by atoms with Crippen molar-refractivity contribution in [1.29, 1.82) is 0 Å². The van der Waals surface area contributed by atoms with Gasteiger partial charge in [0.05, 0.1) is 6.04 Å². The normalized spacial score (nSPS) is 13.2. The van der Waals surface area contributed by atoms with E-state index >= 15 is 0 Å². The fourth-order valence-corrected chi connectivity index (χ4v) is 4.63. The molecule has 2 aromatic carbocycles. The molecule has 0 spiro atoms. The van der Waals surface area contributed by atoms with E-state index in [-0.39, 0.29) is 6.61 Å². The summed E-state index contributed by atoms with van der Waals surface area (Å²) in [4.78, 5) is 36.5. The summed E-state index contributed by atoms with van der Waals surface area (Å²) in [5.41, 5.74) is 4.85. The van der Waals surface area contributed by atoms with Crippen molar-refractivity contribution in [3.05, 3.63) is 70.3 Å². The lowest BCUT2D eigenvalue weighted by molar-refractivity contribution is -0.124. The molecule has 8 heteroatoms. The van der Waals surface area contributed by atoms with Gasteiger partial charge in [-0.3, -0.25) is 4.79 Å². The Bertz CT molecular complexity index is 1220. The van der Waals surface area contributed by atoms with E-state index in [1.54, 1.807) is 20.8 Å². The highest BCUT2D eigenvalue weighted by atomic mass is 16.6. The van der Waals surface area contributed by atoms with Crippen molar-refractivity contribution in [2.45, 2.75) is 84.0 Å². The van der Waals surface area contributed by atoms with Crippen LogP contribution in [0.15, 0.2) is 42.5 Å². The molecular formula is C32H40N2O6. The Morgan fingerprint density at radius 3 is 2.42 bits per heavy atom. The molecule has 1 atom stereocenters. The fourth-order valence-electron chi connectivity index (χ4n) is 4.63. The van der Waals surface area contributed by atoms with Gasteiger partial charge in [0, 0.05) is 18.5 Å². The number of fused-ring (bicyclic) bond motifs is 1. The SMILES string of the molecule is CC(C)(C)OC(=O)N[C@@H](CCc1ccc(C#CCCNC(=O)OCc2ccccc2)c2c1CCCC2)C(=O)CO. The molecule has 0 fully saturated rings. The van der Waals surface area contributed by atoms with Crippen LogP contribution in [0.5, 0.6) is 0 Å². The quantitative estimate of drug-likeness (QED) is 0.295. The predicted octanol–water partition coefficient (Wildman–Crippen LogP) is 4.62. The van der Waals surface area contributed by atoms with Crippen molar-refractivity contribution < 1.29 is 29.0 Å². The summed E-state index contributed by atoms with van der Waals surface area (Å²) in [6, 6.07) is 12.7. The Labute approximate surface area is 236 Å². The summed E-state index contributed by atoms with van der Waals surface area (Å²) >= 11 is 0. The molecule has 3 N–H and O–H groups in total. The minimum absolute atomic E-state index is 0.225. The number of Topliss-reactive ketones (excluding diaryl/α,β-unsaturated/α-hetero) is 1. The maximum Gasteiger partial charge on any atom is 0.408 e. The van der Waals surface area contributed by atoms with Crippen LogP contribution in [-0.2, 0) is 40.1 Å². The van der Waals surface area contributed by atoms with E-state index in [1.165, 1.54) is 11.1 Å². The molecule has 2 amide bonds. The van der Waals surface area contributed by atoms with E-state index < -0.39 is 36.2 Å². The van der Waals surface area contributed by atoms with Crippen LogP contribution in [0.25, 0.3) is 0 Å². The molecule has 1 aliphatic rings. The van der Waals surface area contributed by atoms with Gasteiger partial charge in [-0.05, 0) is 87.6 Å². The number of carbonyl (C=O) groups excluding carboxylic acids is 3. The minimum Gasteiger partial charge on any atom is -0.445 e. The highest BCUT2D eigenvalue weighted by Gasteiger charge is 2.25. The average Bonchev–Trinajstić information content (AvgIpc) is 2.93. The van der Waals surface area contributed by atoms with Crippen LogP contribution >= 0.6 is 0 Å². The lowest BCUT2D eigenvalue weighted by atomic mass is 9.83. The van der Waals surface area contributed by atoms with E-state index in [9.17, 15) is 19.5 Å². The monoisotopic (exact) mass is 548 g/mol. The first-order valence-corrected chi connectivity index (χ1v) is 13.9. The topological polar surface area (TPSA) is 114 Å². The number of amides is 2. The second kappa shape index (κ2) is 15.1. The number of carbonyl (C=O) groups is 3. The van der Waals surface area contributed by atoms with Crippen LogP contribution < -0.4 is 10.6 Å². The molecule has 0 heterocycles.